The molecule has 0 radical (unpaired) electrons. The van der Waals surface area contributed by atoms with Crippen LogP contribution in [-0.2, 0) is 14.8 Å². The quantitative estimate of drug-likeness (QED) is 0.467. The van der Waals surface area contributed by atoms with Crippen LogP contribution in [0.2, 0.25) is 5.02 Å². The van der Waals surface area contributed by atoms with Crippen molar-refractivity contribution in [3.05, 3.63) is 65.0 Å². The summed E-state index contributed by atoms with van der Waals surface area (Å²) in [5, 5.41) is 10.5. The lowest BCUT2D eigenvalue weighted by molar-refractivity contribution is -0.138. The molecule has 202 valence electrons. The van der Waals surface area contributed by atoms with Crippen LogP contribution in [-0.4, -0.2) is 59.9 Å². The fourth-order valence-electron chi connectivity index (χ4n) is 6.03. The van der Waals surface area contributed by atoms with E-state index in [9.17, 15) is 22.7 Å². The second-order valence-electron chi connectivity index (χ2n) is 10.5. The van der Waals surface area contributed by atoms with Gasteiger partial charge in [-0.25, -0.2) is 12.8 Å². The molecule has 0 bridgehead atoms. The highest BCUT2D eigenvalue weighted by atomic mass is 35.5. The molecule has 0 aromatic heterocycles. The van der Waals surface area contributed by atoms with Crippen molar-refractivity contribution in [3.63, 3.8) is 0 Å². The van der Waals surface area contributed by atoms with Gasteiger partial charge < -0.3 is 10.0 Å². The number of carbonyl (C=O) groups excluding carboxylic acids is 1. The Morgan fingerprint density at radius 2 is 1.95 bits per heavy atom. The normalized spacial score (nSPS) is 26.9. The zero-order valence-corrected chi connectivity index (χ0v) is 23.1. The Hall–Kier alpha value is -2.00. The van der Waals surface area contributed by atoms with E-state index in [-0.39, 0.29) is 17.3 Å². The summed E-state index contributed by atoms with van der Waals surface area (Å²) in [6.07, 6.45) is 8.44. The van der Waals surface area contributed by atoms with E-state index < -0.39 is 39.5 Å². The predicted molar refractivity (Wildman–Crippen MR) is 143 cm³/mol. The molecule has 0 unspecified atom stereocenters. The van der Waals surface area contributed by atoms with Crippen molar-refractivity contribution in [2.45, 2.75) is 81.9 Å². The van der Waals surface area contributed by atoms with Crippen LogP contribution >= 0.6 is 11.6 Å². The Bertz CT molecular complexity index is 1220. The standard InChI is InChI=1S/C28H36ClFN2O4S/c1-4-7-21(17-20(3)30)24-8-5-6-9-26(28(13-14-28)27(34)31-15-12-23(33)18-31)32(24)37(35,36)25-11-10-22(29)16-19(25)2/h4,7,10-11,16-17,23-24,26,33H,3,5-6,8-9,12-15,18H2,1-2H3/b7-4-,21-17+/t23-,24-,26+/m0/s1. The Morgan fingerprint density at radius 3 is 2.51 bits per heavy atom. The number of aliphatic hydroxyl groups excluding tert-OH is 1. The molecule has 1 N–H and O–H groups in total. The van der Waals surface area contributed by atoms with Gasteiger partial charge in [-0.1, -0.05) is 43.2 Å². The van der Waals surface area contributed by atoms with E-state index in [1.807, 2.05) is 0 Å². The van der Waals surface area contributed by atoms with E-state index in [4.69, 9.17) is 11.6 Å². The third-order valence-corrected chi connectivity index (χ3v) is 10.2. The maximum absolute atomic E-state index is 14.5. The van der Waals surface area contributed by atoms with Crippen molar-refractivity contribution in [3.8, 4) is 0 Å². The van der Waals surface area contributed by atoms with E-state index in [1.165, 1.54) is 16.4 Å². The second-order valence-corrected chi connectivity index (χ2v) is 12.7. The van der Waals surface area contributed by atoms with Crippen LogP contribution in [0.4, 0.5) is 4.39 Å². The number of nitrogens with zero attached hydrogens (tertiary/aromatic N) is 2. The smallest absolute Gasteiger partial charge is 0.244 e. The fourth-order valence-corrected chi connectivity index (χ4v) is 8.39. The highest BCUT2D eigenvalue weighted by molar-refractivity contribution is 7.89. The van der Waals surface area contributed by atoms with Gasteiger partial charge in [0.15, 0.2) is 0 Å². The Labute approximate surface area is 224 Å². The summed E-state index contributed by atoms with van der Waals surface area (Å²) in [6, 6.07) is 3.43. The monoisotopic (exact) mass is 550 g/mol. The van der Waals surface area contributed by atoms with E-state index >= 15 is 0 Å². The minimum absolute atomic E-state index is 0.0887. The van der Waals surface area contributed by atoms with Gasteiger partial charge in [0, 0.05) is 24.2 Å². The maximum atomic E-state index is 14.5. The first-order valence-electron chi connectivity index (χ1n) is 13.0. The molecule has 4 rings (SSSR count). The van der Waals surface area contributed by atoms with Gasteiger partial charge in [-0.05, 0) is 81.4 Å². The lowest BCUT2D eigenvalue weighted by Gasteiger charge is -2.41. The number of aliphatic hydroxyl groups is 1. The van der Waals surface area contributed by atoms with Crippen LogP contribution in [0.5, 0.6) is 0 Å². The van der Waals surface area contributed by atoms with Crippen molar-refractivity contribution >= 4 is 27.5 Å². The van der Waals surface area contributed by atoms with Gasteiger partial charge in [-0.3, -0.25) is 4.79 Å². The number of likely N-dealkylation sites (tertiary alicyclic amines) is 1. The summed E-state index contributed by atoms with van der Waals surface area (Å²) in [5.74, 6) is -0.744. The molecule has 0 spiro atoms. The largest absolute Gasteiger partial charge is 0.391 e. The molecule has 2 heterocycles. The number of sulfonamides is 1. The molecule has 2 saturated heterocycles. The minimum atomic E-state index is -4.11. The van der Waals surface area contributed by atoms with Crippen LogP contribution in [0.1, 0.15) is 57.4 Å². The third-order valence-electron chi connectivity index (χ3n) is 7.88. The zero-order chi connectivity index (χ0) is 27.0. The van der Waals surface area contributed by atoms with Crippen LogP contribution < -0.4 is 0 Å². The van der Waals surface area contributed by atoms with Gasteiger partial charge in [0.2, 0.25) is 15.9 Å². The van der Waals surface area contributed by atoms with Gasteiger partial charge in [-0.15, -0.1) is 0 Å². The van der Waals surface area contributed by atoms with Gasteiger partial charge in [0.05, 0.1) is 22.5 Å². The lowest BCUT2D eigenvalue weighted by Crippen LogP contribution is -2.54. The van der Waals surface area contributed by atoms with Crippen molar-refractivity contribution < 1.29 is 22.7 Å². The zero-order valence-electron chi connectivity index (χ0n) is 21.5. The van der Waals surface area contributed by atoms with Crippen LogP contribution in [0.3, 0.4) is 0 Å². The molecule has 6 nitrogen and oxygen atoms in total. The molecule has 1 saturated carbocycles. The summed E-state index contributed by atoms with van der Waals surface area (Å²) in [6.45, 7) is 7.63. The highest BCUT2D eigenvalue weighted by Crippen LogP contribution is 2.56. The Balaban J connectivity index is 1.88. The van der Waals surface area contributed by atoms with Crippen LogP contribution in [0.15, 0.2) is 59.3 Å². The number of aryl methyl sites for hydroxylation is 1. The number of benzene rings is 1. The number of allylic oxidation sites excluding steroid dienone is 3. The average molecular weight is 551 g/mol. The third kappa shape index (κ3) is 5.58. The molecule has 2 aliphatic heterocycles. The molecular weight excluding hydrogens is 515 g/mol. The van der Waals surface area contributed by atoms with Crippen molar-refractivity contribution in [1.29, 1.82) is 0 Å². The average Bonchev–Trinajstić information content (AvgIpc) is 3.56. The lowest BCUT2D eigenvalue weighted by atomic mass is 9.90. The molecular formula is C28H36ClFN2O4S. The van der Waals surface area contributed by atoms with Crippen LogP contribution in [0.25, 0.3) is 0 Å². The molecule has 3 atom stereocenters. The number of hydrogen-bond donors (Lipinski definition) is 1. The molecule has 1 amide bonds. The summed E-state index contributed by atoms with van der Waals surface area (Å²) >= 11 is 6.15. The summed E-state index contributed by atoms with van der Waals surface area (Å²) in [5.41, 5.74) is 0.171. The number of carbonyl (C=O) groups is 1. The van der Waals surface area contributed by atoms with Gasteiger partial charge >= 0.3 is 0 Å². The number of hydrogen-bond acceptors (Lipinski definition) is 4. The molecule has 3 aliphatic rings. The molecule has 1 aliphatic carbocycles. The Kier molecular flexibility index (Phi) is 8.34. The Morgan fingerprint density at radius 1 is 1.24 bits per heavy atom. The second kappa shape index (κ2) is 11.0. The van der Waals surface area contributed by atoms with Crippen LogP contribution in [0, 0.1) is 12.3 Å². The highest BCUT2D eigenvalue weighted by Gasteiger charge is 2.62. The molecule has 1 aromatic carbocycles. The predicted octanol–water partition coefficient (Wildman–Crippen LogP) is 5.31. The van der Waals surface area contributed by atoms with Crippen molar-refractivity contribution in [1.82, 2.24) is 9.21 Å². The molecule has 37 heavy (non-hydrogen) atoms. The SMILES string of the molecule is C=C(F)/C=C(\C=C/C)[C@@H]1CCCC[C@H](C2(C(=O)N3CC[C@H](O)C3)CC2)N1S(=O)(=O)c1ccc(Cl)cc1C. The number of amides is 1. The number of β-amino-alcohol motifs (C(OH)–C–C–N with tert-alkyl or cyclic N) is 1. The molecule has 3 fully saturated rings. The maximum Gasteiger partial charge on any atom is 0.244 e. The summed E-state index contributed by atoms with van der Waals surface area (Å²) in [4.78, 5) is 15.7. The van der Waals surface area contributed by atoms with E-state index in [0.717, 1.165) is 12.8 Å². The summed E-state index contributed by atoms with van der Waals surface area (Å²) in [7, 11) is -4.11. The number of halogens is 2. The fraction of sp³-hybridized carbons (Fsp3) is 0.536. The van der Waals surface area contributed by atoms with E-state index in [0.29, 0.717) is 54.8 Å². The van der Waals surface area contributed by atoms with Gasteiger partial charge in [0.25, 0.3) is 0 Å². The van der Waals surface area contributed by atoms with Crippen molar-refractivity contribution in [2.75, 3.05) is 13.1 Å². The topological polar surface area (TPSA) is 77.9 Å². The summed E-state index contributed by atoms with van der Waals surface area (Å²) < 4.78 is 44.6. The first-order valence-corrected chi connectivity index (χ1v) is 14.8. The minimum Gasteiger partial charge on any atom is -0.391 e. The molecule has 1 aromatic rings. The van der Waals surface area contributed by atoms with Gasteiger partial charge in [-0.2, -0.15) is 4.31 Å². The van der Waals surface area contributed by atoms with Gasteiger partial charge in [0.1, 0.15) is 5.83 Å². The first kappa shape index (κ1) is 28.0. The first-order chi connectivity index (χ1) is 17.5. The van der Waals surface area contributed by atoms with Crippen molar-refractivity contribution in [2.24, 2.45) is 5.41 Å². The van der Waals surface area contributed by atoms with E-state index in [1.54, 1.807) is 43.0 Å². The van der Waals surface area contributed by atoms with E-state index in [2.05, 4.69) is 6.58 Å². The molecule has 9 heteroatoms. The number of rotatable bonds is 7.